The normalized spacial score (nSPS) is 16.8. The van der Waals surface area contributed by atoms with E-state index < -0.39 is 0 Å². The van der Waals surface area contributed by atoms with Gasteiger partial charge in [-0.05, 0) is 18.3 Å². The number of aliphatic hydroxyl groups is 1. The lowest BCUT2D eigenvalue weighted by molar-refractivity contribution is 0.140. The lowest BCUT2D eigenvalue weighted by Gasteiger charge is -2.23. The topological polar surface area (TPSA) is 20.2 Å². The molecule has 1 heteroatoms. The number of hydrogen-bond donors (Lipinski definition) is 1. The minimum absolute atomic E-state index is 0.0712. The second-order valence-electron chi connectivity index (χ2n) is 2.82. The Kier molecular flexibility index (Phi) is 3.55. The molecule has 1 nitrogen and oxygen atoms in total. The molecule has 0 saturated carbocycles. The van der Waals surface area contributed by atoms with Crippen molar-refractivity contribution in [2.75, 3.05) is 6.61 Å². The largest absolute Gasteiger partial charge is 0.396 e. The molecule has 0 bridgehead atoms. The molecule has 9 heavy (non-hydrogen) atoms. The molecule has 54 valence electrons. The predicted octanol–water partition coefficient (Wildman–Crippen LogP) is 1.97. The summed E-state index contributed by atoms with van der Waals surface area (Å²) in [6.07, 6.45) is 3.77. The third kappa shape index (κ3) is 2.66. The molecule has 1 atom stereocenters. The van der Waals surface area contributed by atoms with Crippen molar-refractivity contribution < 1.29 is 5.11 Å². The van der Waals surface area contributed by atoms with Gasteiger partial charge in [0.1, 0.15) is 0 Å². The second-order valence-corrected chi connectivity index (χ2v) is 2.82. The van der Waals surface area contributed by atoms with E-state index in [9.17, 15) is 0 Å². The highest BCUT2D eigenvalue weighted by molar-refractivity contribution is 4.81. The minimum atomic E-state index is 0.0712. The fraction of sp³-hybridized carbons (Fsp3) is 0.750. The van der Waals surface area contributed by atoms with E-state index in [2.05, 4.69) is 20.4 Å². The molecule has 0 radical (unpaired) electrons. The van der Waals surface area contributed by atoms with Crippen molar-refractivity contribution in [3.8, 4) is 0 Å². The van der Waals surface area contributed by atoms with Gasteiger partial charge in [-0.3, -0.25) is 0 Å². The van der Waals surface area contributed by atoms with Gasteiger partial charge in [-0.15, -0.1) is 6.58 Å². The van der Waals surface area contributed by atoms with Crippen LogP contribution in [-0.2, 0) is 0 Å². The Morgan fingerprint density at radius 2 is 2.22 bits per heavy atom. The number of allylic oxidation sites excluding steroid dienone is 1. The number of hydrogen-bond acceptors (Lipinski definition) is 1. The summed E-state index contributed by atoms with van der Waals surface area (Å²) in [6, 6.07) is 0. The summed E-state index contributed by atoms with van der Waals surface area (Å²) in [4.78, 5) is 0. The maximum Gasteiger partial charge on any atom is 0.0487 e. The van der Waals surface area contributed by atoms with Gasteiger partial charge in [0, 0.05) is 6.61 Å². The van der Waals surface area contributed by atoms with Gasteiger partial charge in [0.2, 0.25) is 0 Å². The first-order valence-corrected chi connectivity index (χ1v) is 3.40. The van der Waals surface area contributed by atoms with Crippen molar-refractivity contribution in [1.29, 1.82) is 0 Å². The zero-order valence-corrected chi connectivity index (χ0v) is 6.35. The fourth-order valence-electron chi connectivity index (χ4n) is 0.669. The van der Waals surface area contributed by atoms with E-state index >= 15 is 0 Å². The zero-order chi connectivity index (χ0) is 7.33. The molecule has 0 aromatic carbocycles. The monoisotopic (exact) mass is 128 g/mol. The van der Waals surface area contributed by atoms with Gasteiger partial charge in [0.25, 0.3) is 0 Å². The molecule has 0 aromatic rings. The summed E-state index contributed by atoms with van der Waals surface area (Å²) in [5.74, 6) is 0. The van der Waals surface area contributed by atoms with Crippen molar-refractivity contribution in [3.05, 3.63) is 12.7 Å². The summed E-state index contributed by atoms with van der Waals surface area (Å²) in [7, 11) is 0. The molecule has 0 aromatic heterocycles. The van der Waals surface area contributed by atoms with Gasteiger partial charge >= 0.3 is 0 Å². The molecule has 0 aliphatic rings. The van der Waals surface area contributed by atoms with Crippen LogP contribution in [0.25, 0.3) is 0 Å². The van der Waals surface area contributed by atoms with Crippen LogP contribution in [0.3, 0.4) is 0 Å². The van der Waals surface area contributed by atoms with Crippen LogP contribution in [-0.4, -0.2) is 11.7 Å². The molecule has 1 N–H and O–H groups in total. The summed E-state index contributed by atoms with van der Waals surface area (Å²) in [5, 5.41) is 8.87. The van der Waals surface area contributed by atoms with Crippen LogP contribution in [0.2, 0.25) is 0 Å². The van der Waals surface area contributed by atoms with E-state index in [-0.39, 0.29) is 12.0 Å². The van der Waals surface area contributed by atoms with Gasteiger partial charge in [0.05, 0.1) is 0 Å². The van der Waals surface area contributed by atoms with Crippen LogP contribution >= 0.6 is 0 Å². The van der Waals surface area contributed by atoms with Crippen LogP contribution in [0.1, 0.15) is 26.7 Å². The number of rotatable bonds is 4. The summed E-state index contributed by atoms with van der Waals surface area (Å²) in [5.41, 5.74) is 0.0712. The SMILES string of the molecule is C=CCC(C)(CC)CO. The molecule has 0 saturated heterocycles. The Hall–Kier alpha value is -0.300. The molecular formula is C8H16O. The Bertz CT molecular complexity index is 82.6. The Morgan fingerprint density at radius 3 is 2.33 bits per heavy atom. The van der Waals surface area contributed by atoms with Crippen molar-refractivity contribution in [2.45, 2.75) is 26.7 Å². The first-order valence-electron chi connectivity index (χ1n) is 3.40. The van der Waals surface area contributed by atoms with E-state index in [0.717, 1.165) is 12.8 Å². The van der Waals surface area contributed by atoms with E-state index in [1.165, 1.54) is 0 Å². The average molecular weight is 128 g/mol. The average Bonchev–Trinajstić information content (AvgIpc) is 1.89. The van der Waals surface area contributed by atoms with Crippen LogP contribution < -0.4 is 0 Å². The summed E-state index contributed by atoms with van der Waals surface area (Å²) >= 11 is 0. The second kappa shape index (κ2) is 3.67. The molecule has 0 spiro atoms. The van der Waals surface area contributed by atoms with Gasteiger partial charge in [-0.25, -0.2) is 0 Å². The van der Waals surface area contributed by atoms with Gasteiger partial charge in [-0.2, -0.15) is 0 Å². The Balaban J connectivity index is 3.75. The predicted molar refractivity (Wildman–Crippen MR) is 40.3 cm³/mol. The molecule has 0 aliphatic carbocycles. The van der Waals surface area contributed by atoms with E-state index in [4.69, 9.17) is 5.11 Å². The molecule has 0 heterocycles. The van der Waals surface area contributed by atoms with Crippen molar-refractivity contribution in [3.63, 3.8) is 0 Å². The first-order chi connectivity index (χ1) is 4.18. The van der Waals surface area contributed by atoms with Crippen LogP contribution in [0.15, 0.2) is 12.7 Å². The van der Waals surface area contributed by atoms with E-state index in [0.29, 0.717) is 0 Å². The lowest BCUT2D eigenvalue weighted by Crippen LogP contribution is -2.18. The number of aliphatic hydroxyl groups excluding tert-OH is 1. The third-order valence-electron chi connectivity index (χ3n) is 1.87. The maximum absolute atomic E-state index is 8.87. The quantitative estimate of drug-likeness (QED) is 0.574. The summed E-state index contributed by atoms with van der Waals surface area (Å²) in [6.45, 7) is 8.04. The van der Waals surface area contributed by atoms with Gasteiger partial charge in [0.15, 0.2) is 0 Å². The summed E-state index contributed by atoms with van der Waals surface area (Å²) < 4.78 is 0. The Morgan fingerprint density at radius 1 is 1.67 bits per heavy atom. The van der Waals surface area contributed by atoms with Crippen LogP contribution in [0.5, 0.6) is 0 Å². The van der Waals surface area contributed by atoms with Crippen molar-refractivity contribution >= 4 is 0 Å². The highest BCUT2D eigenvalue weighted by Crippen LogP contribution is 2.24. The van der Waals surface area contributed by atoms with Crippen LogP contribution in [0.4, 0.5) is 0 Å². The van der Waals surface area contributed by atoms with Crippen molar-refractivity contribution in [1.82, 2.24) is 0 Å². The smallest absolute Gasteiger partial charge is 0.0487 e. The fourth-order valence-corrected chi connectivity index (χ4v) is 0.669. The van der Waals surface area contributed by atoms with Crippen LogP contribution in [0, 0.1) is 5.41 Å². The molecular weight excluding hydrogens is 112 g/mol. The molecule has 0 rings (SSSR count). The third-order valence-corrected chi connectivity index (χ3v) is 1.87. The maximum atomic E-state index is 8.87. The van der Waals surface area contributed by atoms with Crippen molar-refractivity contribution in [2.24, 2.45) is 5.41 Å². The highest BCUT2D eigenvalue weighted by Gasteiger charge is 2.17. The standard InChI is InChI=1S/C8H16O/c1-4-6-8(3,5-2)7-9/h4,9H,1,5-7H2,2-3H3. The minimum Gasteiger partial charge on any atom is -0.396 e. The van der Waals surface area contributed by atoms with E-state index in [1.807, 2.05) is 6.08 Å². The first kappa shape index (κ1) is 8.70. The molecule has 1 unspecified atom stereocenters. The molecule has 0 fully saturated rings. The highest BCUT2D eigenvalue weighted by atomic mass is 16.3. The van der Waals surface area contributed by atoms with Gasteiger partial charge < -0.3 is 5.11 Å². The molecule has 0 aliphatic heterocycles. The zero-order valence-electron chi connectivity index (χ0n) is 6.35. The lowest BCUT2D eigenvalue weighted by atomic mass is 9.85. The van der Waals surface area contributed by atoms with Gasteiger partial charge in [-0.1, -0.05) is 19.9 Å². The Labute approximate surface area is 57.4 Å². The van der Waals surface area contributed by atoms with E-state index in [1.54, 1.807) is 0 Å². The molecule has 0 amide bonds.